The number of benzene rings is 2. The molecule has 0 amide bonds. The van der Waals surface area contributed by atoms with Crippen LogP contribution in [0.2, 0.25) is 0 Å². The van der Waals surface area contributed by atoms with E-state index in [1.807, 2.05) is 6.07 Å². The van der Waals surface area contributed by atoms with Crippen LogP contribution in [0.1, 0.15) is 36.5 Å². The molecule has 0 bridgehead atoms. The Morgan fingerprint density at radius 1 is 1.27 bits per heavy atom. The number of nitrogens with zero attached hydrogens (tertiary/aromatic N) is 1. The number of hydrogen-bond acceptors (Lipinski definition) is 5. The summed E-state index contributed by atoms with van der Waals surface area (Å²) in [5.74, 6) is 0.112. The van der Waals surface area contributed by atoms with Crippen LogP contribution in [0, 0.1) is 4.78 Å². The van der Waals surface area contributed by atoms with E-state index in [9.17, 15) is 17.4 Å². The van der Waals surface area contributed by atoms with Crippen LogP contribution < -0.4 is 16.4 Å². The molecule has 0 radical (unpaired) electrons. The molecule has 0 heterocycles. The molecule has 1 aliphatic rings. The van der Waals surface area contributed by atoms with E-state index >= 15 is 0 Å². The maximum Gasteiger partial charge on any atom is 0.416 e. The second kappa shape index (κ2) is 7.31. The molecular formula is C21H25F3N4OS. The second-order valence-electron chi connectivity index (χ2n) is 7.61. The highest BCUT2D eigenvalue weighted by Crippen LogP contribution is 2.44. The summed E-state index contributed by atoms with van der Waals surface area (Å²) < 4.78 is 60.1. The molecule has 1 atom stereocenters. The van der Waals surface area contributed by atoms with Crippen LogP contribution in [0.4, 0.5) is 24.5 Å². The Kier molecular flexibility index (Phi) is 5.41. The second-order valence-corrected chi connectivity index (χ2v) is 9.98. The largest absolute Gasteiger partial charge is 0.416 e. The molecule has 0 spiro atoms. The summed E-state index contributed by atoms with van der Waals surface area (Å²) in [4.78, 5) is 1.86. The van der Waals surface area contributed by atoms with Crippen molar-refractivity contribution in [1.82, 2.24) is 0 Å². The predicted molar refractivity (Wildman–Crippen MR) is 115 cm³/mol. The Labute approximate surface area is 174 Å². The summed E-state index contributed by atoms with van der Waals surface area (Å²) in [6.07, 6.45) is -2.86. The van der Waals surface area contributed by atoms with Crippen LogP contribution in [0.15, 0.2) is 47.9 Å². The van der Waals surface area contributed by atoms with Crippen LogP contribution in [0.5, 0.6) is 0 Å². The van der Waals surface area contributed by atoms with Crippen molar-refractivity contribution in [3.8, 4) is 0 Å². The lowest BCUT2D eigenvalue weighted by Crippen LogP contribution is -2.22. The zero-order chi connectivity index (χ0) is 22.5. The first-order valence-electron chi connectivity index (χ1n) is 9.40. The third kappa shape index (κ3) is 4.04. The lowest BCUT2D eigenvalue weighted by atomic mass is 10.0. The number of rotatable bonds is 6. The predicted octanol–water partition coefficient (Wildman–Crippen LogP) is 4.77. The van der Waals surface area contributed by atoms with Gasteiger partial charge in [0.15, 0.2) is 0 Å². The lowest BCUT2D eigenvalue weighted by Gasteiger charge is -2.26. The van der Waals surface area contributed by atoms with E-state index in [1.54, 1.807) is 26.1 Å². The molecule has 0 aromatic heterocycles. The summed E-state index contributed by atoms with van der Waals surface area (Å²) in [5.41, 5.74) is 12.8. The third-order valence-electron chi connectivity index (χ3n) is 5.54. The van der Waals surface area contributed by atoms with Gasteiger partial charge in [0.05, 0.1) is 31.6 Å². The molecule has 1 saturated carbocycles. The van der Waals surface area contributed by atoms with Crippen molar-refractivity contribution in [3.05, 3.63) is 59.7 Å². The van der Waals surface area contributed by atoms with Crippen molar-refractivity contribution in [3.63, 3.8) is 0 Å². The van der Waals surface area contributed by atoms with Gasteiger partial charge in [-0.15, -0.1) is 0 Å². The molecule has 1 fully saturated rings. The Bertz CT molecular complexity index is 1110. The molecule has 2 aromatic carbocycles. The summed E-state index contributed by atoms with van der Waals surface area (Å²) in [7, 11) is -1.49. The lowest BCUT2D eigenvalue weighted by molar-refractivity contribution is -0.137. The van der Waals surface area contributed by atoms with E-state index in [0.29, 0.717) is 21.8 Å². The number of anilines is 2. The van der Waals surface area contributed by atoms with E-state index in [1.165, 1.54) is 11.0 Å². The maximum atomic E-state index is 13.0. The van der Waals surface area contributed by atoms with E-state index in [0.717, 1.165) is 30.5 Å². The quantitative estimate of drug-likeness (QED) is 0.566. The van der Waals surface area contributed by atoms with Crippen molar-refractivity contribution >= 4 is 26.8 Å². The number of nitrogens with two attached hydrogens (primary N) is 2. The molecule has 162 valence electrons. The number of nitrogen functional groups attached to an aromatic ring is 1. The highest BCUT2D eigenvalue weighted by atomic mass is 32.2. The van der Waals surface area contributed by atoms with Crippen LogP contribution in [0.3, 0.4) is 0 Å². The molecule has 0 saturated heterocycles. The van der Waals surface area contributed by atoms with Gasteiger partial charge in [-0.2, -0.15) is 13.2 Å². The number of hydrogen-bond donors (Lipinski definition) is 3. The van der Waals surface area contributed by atoms with Crippen molar-refractivity contribution in [2.45, 2.75) is 36.4 Å². The minimum atomic E-state index is -4.50. The number of alkyl halides is 3. The average molecular weight is 439 g/mol. The summed E-state index contributed by atoms with van der Waals surface area (Å²) in [6, 6.07) is 8.34. The van der Waals surface area contributed by atoms with Gasteiger partial charge in [-0.05, 0) is 42.7 Å². The topological polar surface area (TPSA) is 96.2 Å². The van der Waals surface area contributed by atoms with Gasteiger partial charge in [-0.1, -0.05) is 25.6 Å². The van der Waals surface area contributed by atoms with Gasteiger partial charge in [0.25, 0.3) is 0 Å². The number of halogens is 3. The first-order chi connectivity index (χ1) is 13.8. The Balaban J connectivity index is 2.04. The van der Waals surface area contributed by atoms with Crippen molar-refractivity contribution in [2.75, 3.05) is 23.4 Å². The van der Waals surface area contributed by atoms with Gasteiger partial charge in [0.2, 0.25) is 0 Å². The minimum absolute atomic E-state index is 0.0624. The van der Waals surface area contributed by atoms with Gasteiger partial charge in [-0.3, -0.25) is 0 Å². The molecule has 0 aliphatic heterocycles. The van der Waals surface area contributed by atoms with Crippen molar-refractivity contribution < 1.29 is 17.4 Å². The monoisotopic (exact) mass is 438 g/mol. The SMILES string of the molecule is C=C(c1ccc(C2(N)CC2)cc1S(=N)(=O)CC)N(C)c1ccc(C(F)(F)F)cc1N. The molecular weight excluding hydrogens is 413 g/mol. The van der Waals surface area contributed by atoms with Crippen molar-refractivity contribution in [2.24, 2.45) is 5.73 Å². The molecule has 5 N–H and O–H groups in total. The van der Waals surface area contributed by atoms with Gasteiger partial charge in [0, 0.05) is 29.6 Å². The fourth-order valence-corrected chi connectivity index (χ4v) is 4.45. The molecule has 1 aliphatic carbocycles. The normalized spacial score (nSPS) is 17.3. The Morgan fingerprint density at radius 3 is 2.40 bits per heavy atom. The minimum Gasteiger partial charge on any atom is -0.397 e. The fourth-order valence-electron chi connectivity index (χ4n) is 3.28. The summed E-state index contributed by atoms with van der Waals surface area (Å²) >= 11 is 0. The first-order valence-corrected chi connectivity index (χ1v) is 11.1. The first kappa shape index (κ1) is 22.2. The standard InChI is InChI=1S/C21H25F3N4OS/c1-4-30(27,29)19-12-14(20(26)9-10-20)5-7-16(19)13(2)28(3)18-8-6-15(11-17(18)25)21(22,23)24/h5-8,11-12,27H,2,4,9-10,25-26H2,1,3H3. The molecule has 9 heteroatoms. The van der Waals surface area contributed by atoms with E-state index in [-0.39, 0.29) is 11.4 Å². The highest BCUT2D eigenvalue weighted by Gasteiger charge is 2.40. The summed E-state index contributed by atoms with van der Waals surface area (Å²) in [6.45, 7) is 5.71. The zero-order valence-electron chi connectivity index (χ0n) is 16.8. The molecule has 2 aromatic rings. The fraction of sp³-hybridized carbons (Fsp3) is 0.333. The van der Waals surface area contributed by atoms with E-state index < -0.39 is 27.0 Å². The van der Waals surface area contributed by atoms with Crippen LogP contribution in [-0.4, -0.2) is 17.0 Å². The van der Waals surface area contributed by atoms with Crippen LogP contribution >= 0.6 is 0 Å². The van der Waals surface area contributed by atoms with Crippen LogP contribution in [-0.2, 0) is 21.4 Å². The molecule has 3 rings (SSSR count). The molecule has 30 heavy (non-hydrogen) atoms. The van der Waals surface area contributed by atoms with Gasteiger partial charge < -0.3 is 16.4 Å². The molecule has 1 unspecified atom stereocenters. The van der Waals surface area contributed by atoms with Gasteiger partial charge >= 0.3 is 6.18 Å². The zero-order valence-corrected chi connectivity index (χ0v) is 17.7. The van der Waals surface area contributed by atoms with E-state index in [4.69, 9.17) is 16.2 Å². The summed E-state index contributed by atoms with van der Waals surface area (Å²) in [5, 5.41) is 0. The van der Waals surface area contributed by atoms with E-state index in [2.05, 4.69) is 6.58 Å². The Morgan fingerprint density at radius 2 is 1.90 bits per heavy atom. The van der Waals surface area contributed by atoms with Gasteiger partial charge in [-0.25, -0.2) is 8.99 Å². The highest BCUT2D eigenvalue weighted by molar-refractivity contribution is 7.92. The maximum absolute atomic E-state index is 13.0. The number of nitrogens with one attached hydrogen (secondary N) is 1. The smallest absolute Gasteiger partial charge is 0.397 e. The molecule has 5 nitrogen and oxygen atoms in total. The van der Waals surface area contributed by atoms with Gasteiger partial charge in [0.1, 0.15) is 0 Å². The average Bonchev–Trinajstić information content (AvgIpc) is 3.44. The Hall–Kier alpha value is -2.52. The van der Waals surface area contributed by atoms with Crippen molar-refractivity contribution in [1.29, 1.82) is 4.78 Å². The third-order valence-corrected chi connectivity index (χ3v) is 7.40. The van der Waals surface area contributed by atoms with Crippen LogP contribution in [0.25, 0.3) is 5.70 Å².